The Hall–Kier alpha value is -1.54. The highest BCUT2D eigenvalue weighted by molar-refractivity contribution is 7.21. The van der Waals surface area contributed by atoms with Gasteiger partial charge in [0.25, 0.3) is 6.23 Å². The zero-order chi connectivity index (χ0) is 17.4. The van der Waals surface area contributed by atoms with E-state index in [0.29, 0.717) is 0 Å². The van der Waals surface area contributed by atoms with Crippen molar-refractivity contribution in [3.63, 3.8) is 0 Å². The number of nitrogens with zero attached hydrogens (tertiary/aromatic N) is 3. The lowest BCUT2D eigenvalue weighted by atomic mass is 10.2. The van der Waals surface area contributed by atoms with Gasteiger partial charge >= 0.3 is 0 Å². The second-order valence-corrected chi connectivity index (χ2v) is 7.09. The van der Waals surface area contributed by atoms with Crippen molar-refractivity contribution in [2.75, 3.05) is 19.0 Å². The molecule has 0 radical (unpaired) electrons. The number of aliphatic hydroxyl groups excluding tert-OH is 2. The summed E-state index contributed by atoms with van der Waals surface area (Å²) >= 11 is 1.66. The largest absolute Gasteiger partial charge is 1.00 e. The molecule has 5 nitrogen and oxygen atoms in total. The zero-order valence-corrected chi connectivity index (χ0v) is 17.0. The van der Waals surface area contributed by atoms with Crippen molar-refractivity contribution >= 4 is 27.2 Å². The number of halogens is 1. The molecular weight excluding hydrogens is 402 g/mol. The zero-order valence-electron chi connectivity index (χ0n) is 14.6. The predicted molar refractivity (Wildman–Crippen MR) is 99.2 cm³/mol. The van der Waals surface area contributed by atoms with Gasteiger partial charge in [-0.3, -0.25) is 0 Å². The van der Waals surface area contributed by atoms with Crippen molar-refractivity contribution in [2.45, 2.75) is 26.3 Å². The van der Waals surface area contributed by atoms with Gasteiger partial charge in [0, 0.05) is 31.8 Å². The van der Waals surface area contributed by atoms with E-state index in [2.05, 4.69) is 0 Å². The lowest BCUT2D eigenvalue weighted by Gasteiger charge is -2.22. The van der Waals surface area contributed by atoms with E-state index in [1.54, 1.807) is 25.2 Å². The normalized spacial score (nSPS) is 14.8. The van der Waals surface area contributed by atoms with E-state index in [0.717, 1.165) is 31.8 Å². The van der Waals surface area contributed by atoms with Gasteiger partial charge in [-0.1, -0.05) is 0 Å². The molecule has 25 heavy (non-hydrogen) atoms. The molecule has 0 saturated heterocycles. The molecule has 2 aliphatic rings. The highest BCUT2D eigenvalue weighted by Gasteiger charge is 2.13. The average molecular weight is 424 g/mol. The summed E-state index contributed by atoms with van der Waals surface area (Å²) in [4.78, 5) is 7.59. The van der Waals surface area contributed by atoms with Crippen molar-refractivity contribution < 1.29 is 27.2 Å². The summed E-state index contributed by atoms with van der Waals surface area (Å²) in [6.07, 6.45) is -1.10. The van der Waals surface area contributed by atoms with Crippen molar-refractivity contribution in [1.29, 1.82) is 0 Å². The maximum atomic E-state index is 9.75. The van der Waals surface area contributed by atoms with E-state index in [9.17, 15) is 10.2 Å². The minimum Gasteiger partial charge on any atom is -1.00 e. The highest BCUT2D eigenvalue weighted by Crippen LogP contribution is 2.31. The van der Waals surface area contributed by atoms with Crippen LogP contribution in [0.2, 0.25) is 0 Å². The predicted octanol–water partition coefficient (Wildman–Crippen LogP) is -1.08. The lowest BCUT2D eigenvalue weighted by Crippen LogP contribution is -3.00. The van der Waals surface area contributed by atoms with Crippen LogP contribution in [0, 0.1) is 0 Å². The summed E-state index contributed by atoms with van der Waals surface area (Å²) in [6.45, 7) is 3.48. The molecule has 1 heterocycles. The molecule has 3 rings (SSSR count). The first-order valence-corrected chi connectivity index (χ1v) is 8.68. The first kappa shape index (κ1) is 19.8. The molecule has 1 aliphatic carbocycles. The SMILES string of the molecule is CC(O)N(C)c1ccc2nc3ccc(=[N+](C)C(C)O)cc-3sc2c1.[Br-]. The molecule has 0 fully saturated rings. The Bertz CT molecular complexity index is 924. The van der Waals surface area contributed by atoms with Crippen molar-refractivity contribution in [2.24, 2.45) is 0 Å². The van der Waals surface area contributed by atoms with Crippen LogP contribution in [0.5, 0.6) is 0 Å². The Morgan fingerprint density at radius 3 is 2.48 bits per heavy atom. The second kappa shape index (κ2) is 7.78. The molecule has 0 spiro atoms. The molecule has 2 N–H and O–H groups in total. The highest BCUT2D eigenvalue weighted by atomic mass is 79.9. The fraction of sp³-hybridized carbons (Fsp3) is 0.333. The van der Waals surface area contributed by atoms with Crippen LogP contribution in [-0.2, 0) is 0 Å². The maximum absolute atomic E-state index is 9.75. The van der Waals surface area contributed by atoms with Crippen molar-refractivity contribution in [3.8, 4) is 10.6 Å². The summed E-state index contributed by atoms with van der Waals surface area (Å²) < 4.78 is 2.87. The summed E-state index contributed by atoms with van der Waals surface area (Å²) in [5.74, 6) is 0. The Balaban J connectivity index is 0.00000225. The molecule has 1 aliphatic heterocycles. The van der Waals surface area contributed by atoms with Crippen LogP contribution >= 0.6 is 11.3 Å². The molecule has 7 heteroatoms. The minimum atomic E-state index is -0.549. The molecule has 2 unspecified atom stereocenters. The van der Waals surface area contributed by atoms with E-state index in [1.807, 2.05) is 60.0 Å². The van der Waals surface area contributed by atoms with Gasteiger partial charge in [-0.15, -0.1) is 11.3 Å². The van der Waals surface area contributed by atoms with Gasteiger partial charge in [0.2, 0.25) is 5.36 Å². The number of rotatable bonds is 3. The van der Waals surface area contributed by atoms with Gasteiger partial charge in [-0.05, 0) is 31.2 Å². The van der Waals surface area contributed by atoms with Gasteiger partial charge in [0.05, 0.1) is 20.8 Å². The third-order valence-electron chi connectivity index (χ3n) is 4.28. The molecule has 1 aromatic rings. The number of benzene rings is 2. The molecule has 2 atom stereocenters. The second-order valence-electron chi connectivity index (χ2n) is 6.00. The van der Waals surface area contributed by atoms with E-state index in [-0.39, 0.29) is 17.0 Å². The van der Waals surface area contributed by atoms with E-state index < -0.39 is 12.5 Å². The van der Waals surface area contributed by atoms with Gasteiger partial charge in [0.15, 0.2) is 0 Å². The van der Waals surface area contributed by atoms with Gasteiger partial charge in [-0.2, -0.15) is 0 Å². The van der Waals surface area contributed by atoms with Crippen LogP contribution in [0.3, 0.4) is 0 Å². The topological polar surface area (TPSA) is 59.6 Å². The number of hydrogen-bond acceptors (Lipinski definition) is 5. The smallest absolute Gasteiger partial charge is 0.252 e. The van der Waals surface area contributed by atoms with Crippen LogP contribution in [0.4, 0.5) is 5.69 Å². The van der Waals surface area contributed by atoms with Crippen LogP contribution in [0.25, 0.3) is 20.8 Å². The first-order valence-electron chi connectivity index (χ1n) is 7.86. The number of aliphatic hydroxyl groups is 2. The van der Waals surface area contributed by atoms with Crippen LogP contribution in [0.15, 0.2) is 36.4 Å². The fourth-order valence-electron chi connectivity index (χ4n) is 2.47. The third kappa shape index (κ3) is 4.00. The third-order valence-corrected chi connectivity index (χ3v) is 5.38. The maximum Gasteiger partial charge on any atom is 0.252 e. The Labute approximate surface area is 161 Å². The molecule has 1 aromatic carbocycles. The summed E-state index contributed by atoms with van der Waals surface area (Å²) in [7, 11) is 3.72. The van der Waals surface area contributed by atoms with Gasteiger partial charge < -0.3 is 32.1 Å². The van der Waals surface area contributed by atoms with E-state index in [4.69, 9.17) is 4.98 Å². The van der Waals surface area contributed by atoms with Crippen LogP contribution in [-0.4, -0.2) is 41.7 Å². The van der Waals surface area contributed by atoms with Gasteiger partial charge in [0.1, 0.15) is 13.3 Å². The number of anilines is 1. The lowest BCUT2D eigenvalue weighted by molar-refractivity contribution is -0.00000954. The molecule has 0 aromatic heterocycles. The molecule has 0 saturated carbocycles. The minimum absolute atomic E-state index is 0. The monoisotopic (exact) mass is 423 g/mol. The molecule has 0 amide bonds. The fourth-order valence-corrected chi connectivity index (χ4v) is 3.51. The molecular formula is C18H22BrN3O2S. The summed E-state index contributed by atoms with van der Waals surface area (Å²) in [5.41, 5.74) is 2.82. The Kier molecular flexibility index (Phi) is 6.16. The van der Waals surface area contributed by atoms with Crippen molar-refractivity contribution in [3.05, 3.63) is 41.8 Å². The Morgan fingerprint density at radius 1 is 1.12 bits per heavy atom. The number of hydrogen-bond donors (Lipinski definition) is 2. The average Bonchev–Trinajstić information content (AvgIpc) is 2.57. The first-order chi connectivity index (χ1) is 11.4. The van der Waals surface area contributed by atoms with Gasteiger partial charge in [-0.25, -0.2) is 9.56 Å². The van der Waals surface area contributed by atoms with Crippen LogP contribution < -0.4 is 31.8 Å². The van der Waals surface area contributed by atoms with E-state index >= 15 is 0 Å². The van der Waals surface area contributed by atoms with Crippen molar-refractivity contribution in [1.82, 2.24) is 9.56 Å². The molecule has 134 valence electrons. The van der Waals surface area contributed by atoms with Crippen LogP contribution in [0.1, 0.15) is 13.8 Å². The quantitative estimate of drug-likeness (QED) is 0.319. The number of fused-ring (bicyclic) bond motifs is 2. The Morgan fingerprint density at radius 2 is 1.84 bits per heavy atom. The summed E-state index contributed by atoms with van der Waals surface area (Å²) in [6, 6.07) is 12.0. The molecule has 0 bridgehead atoms. The standard InChI is InChI=1S/C18H22N3O2S.BrH/c1-11(22)20(3)13-5-7-15-17(9-13)24-18-10-14(21(4)12(2)23)6-8-16(18)19-15;/h5-12,22-23H,1-4H3;1H/q+1;/p-1. The van der Waals surface area contributed by atoms with E-state index in [1.165, 1.54) is 0 Å². The number of aromatic nitrogens is 1. The summed E-state index contributed by atoms with van der Waals surface area (Å²) in [5, 5.41) is 20.5.